The van der Waals surface area contributed by atoms with E-state index in [2.05, 4.69) is 10.9 Å². The fourth-order valence-electron chi connectivity index (χ4n) is 1.81. The van der Waals surface area contributed by atoms with E-state index in [1.807, 2.05) is 0 Å². The average Bonchev–Trinajstić information content (AvgIpc) is 2.78. The summed E-state index contributed by atoms with van der Waals surface area (Å²) in [6, 6.07) is 3.98. The highest BCUT2D eigenvalue weighted by atomic mass is 28.4. The maximum atomic E-state index is 5.35. The zero-order valence-corrected chi connectivity index (χ0v) is 10.8. The first-order valence-corrected chi connectivity index (χ1v) is 7.27. The summed E-state index contributed by atoms with van der Waals surface area (Å²) in [6.07, 6.45) is 3.30. The molecule has 0 aromatic carbocycles. The molecule has 1 heterocycles. The molecule has 0 saturated heterocycles. The highest BCUT2D eigenvalue weighted by molar-refractivity contribution is 6.60. The lowest BCUT2D eigenvalue weighted by Crippen LogP contribution is -2.42. The van der Waals surface area contributed by atoms with Crippen molar-refractivity contribution >= 4 is 8.80 Å². The van der Waals surface area contributed by atoms with Crippen molar-refractivity contribution in [3.05, 3.63) is 4.85 Å². The molecular weight excluding hydrogens is 210 g/mol. The van der Waals surface area contributed by atoms with Gasteiger partial charge in [0.05, 0.1) is 5.92 Å². The molecule has 86 valence electrons. The van der Waals surface area contributed by atoms with Crippen LogP contribution in [0.5, 0.6) is 0 Å². The Morgan fingerprint density at radius 3 is 2.40 bits per heavy atom. The van der Waals surface area contributed by atoms with Gasteiger partial charge in [0, 0.05) is 33.8 Å². The van der Waals surface area contributed by atoms with Gasteiger partial charge in [-0.05, 0) is 12.8 Å². The maximum absolute atomic E-state index is 5.35. The first-order chi connectivity index (χ1) is 7.26. The Morgan fingerprint density at radius 1 is 1.27 bits per heavy atom. The van der Waals surface area contributed by atoms with Crippen molar-refractivity contribution in [2.24, 2.45) is 5.92 Å². The van der Waals surface area contributed by atoms with Crippen LogP contribution >= 0.6 is 0 Å². The molecule has 1 rings (SSSR count). The smallest absolute Gasteiger partial charge is 0.377 e. The quantitative estimate of drug-likeness (QED) is 0.627. The van der Waals surface area contributed by atoms with E-state index < -0.39 is 8.80 Å². The van der Waals surface area contributed by atoms with Gasteiger partial charge in [-0.1, -0.05) is 4.85 Å². The molecule has 15 heavy (non-hydrogen) atoms. The molecule has 1 aliphatic rings. The van der Waals surface area contributed by atoms with E-state index in [9.17, 15) is 0 Å². The van der Waals surface area contributed by atoms with Crippen molar-refractivity contribution in [1.29, 1.82) is 0 Å². The first-order valence-electron chi connectivity index (χ1n) is 5.34. The van der Waals surface area contributed by atoms with Crippen LogP contribution in [-0.2, 0) is 13.3 Å². The Hall–Kier alpha value is -0.413. The molecule has 0 spiro atoms. The monoisotopic (exact) mass is 230 g/mol. The summed E-state index contributed by atoms with van der Waals surface area (Å²) in [7, 11) is 2.62. The Bertz CT molecular complexity index is 237. The molecule has 0 fully saturated rings. The van der Waals surface area contributed by atoms with Gasteiger partial charge >= 0.3 is 8.80 Å². The van der Waals surface area contributed by atoms with Gasteiger partial charge in [0.25, 0.3) is 12.6 Å². The molecule has 1 unspecified atom stereocenters. The molecule has 0 bridgehead atoms. The summed E-state index contributed by atoms with van der Waals surface area (Å²) >= 11 is 0. The fraction of sp³-hybridized carbons (Fsp3) is 0.900. The molecule has 0 saturated carbocycles. The number of hydrogen-bond acceptors (Lipinski definition) is 3. The van der Waals surface area contributed by atoms with Crippen LogP contribution in [0.4, 0.5) is 0 Å². The maximum Gasteiger partial charge on any atom is 0.500 e. The molecule has 0 aliphatic carbocycles. The van der Waals surface area contributed by atoms with Gasteiger partial charge < -0.3 is 13.3 Å². The predicted molar refractivity (Wildman–Crippen MR) is 61.0 cm³/mol. The molecule has 1 aliphatic heterocycles. The van der Waals surface area contributed by atoms with E-state index in [0.717, 1.165) is 31.9 Å². The van der Waals surface area contributed by atoms with Crippen molar-refractivity contribution in [2.75, 3.05) is 27.9 Å². The molecule has 0 aromatic rings. The van der Waals surface area contributed by atoms with Gasteiger partial charge in [0.2, 0.25) is 0 Å². The van der Waals surface area contributed by atoms with E-state index in [1.54, 1.807) is 21.3 Å². The SMILES string of the molecule is CO[Si](CCCC1C#[N+]CC1)(OC)OC. The van der Waals surface area contributed by atoms with E-state index in [0.29, 0.717) is 5.92 Å². The van der Waals surface area contributed by atoms with Crippen molar-refractivity contribution in [2.45, 2.75) is 25.3 Å². The normalized spacial score (nSPS) is 20.1. The first kappa shape index (κ1) is 12.7. The summed E-state index contributed by atoms with van der Waals surface area (Å²) in [5.41, 5.74) is 0. The van der Waals surface area contributed by atoms with Gasteiger partial charge in [-0.2, -0.15) is 0 Å². The van der Waals surface area contributed by atoms with Crippen LogP contribution < -0.4 is 0 Å². The highest BCUT2D eigenvalue weighted by Crippen LogP contribution is 2.21. The van der Waals surface area contributed by atoms with Crippen LogP contribution in [-0.4, -0.2) is 36.7 Å². The summed E-state index contributed by atoms with van der Waals surface area (Å²) in [5, 5.41) is 0. The Labute approximate surface area is 92.7 Å². The van der Waals surface area contributed by atoms with Crippen LogP contribution in [0.15, 0.2) is 0 Å². The van der Waals surface area contributed by atoms with E-state index in [1.165, 1.54) is 0 Å². The second-order valence-corrected chi connectivity index (χ2v) is 6.77. The Kier molecular flexibility index (Phi) is 5.26. The van der Waals surface area contributed by atoms with Crippen molar-refractivity contribution in [3.63, 3.8) is 0 Å². The summed E-state index contributed by atoms with van der Waals surface area (Å²) in [5.74, 6) is 0.530. The van der Waals surface area contributed by atoms with Gasteiger partial charge in [0.1, 0.15) is 0 Å². The summed E-state index contributed by atoms with van der Waals surface area (Å²) < 4.78 is 16.1. The van der Waals surface area contributed by atoms with Crippen molar-refractivity contribution in [1.82, 2.24) is 0 Å². The van der Waals surface area contributed by atoms with Crippen LogP contribution in [0.3, 0.4) is 0 Å². The minimum atomic E-state index is -2.35. The third-order valence-electron chi connectivity index (χ3n) is 2.83. The van der Waals surface area contributed by atoms with Crippen LogP contribution in [0.2, 0.25) is 6.04 Å². The largest absolute Gasteiger partial charge is 0.500 e. The second-order valence-electron chi connectivity index (χ2n) is 3.68. The Morgan fingerprint density at radius 2 is 1.93 bits per heavy atom. The van der Waals surface area contributed by atoms with E-state index in [4.69, 9.17) is 13.3 Å². The summed E-state index contributed by atoms with van der Waals surface area (Å²) in [4.78, 5) is 4.11. The topological polar surface area (TPSA) is 32.0 Å². The lowest BCUT2D eigenvalue weighted by Gasteiger charge is -2.24. The fourth-order valence-corrected chi connectivity index (χ4v) is 3.56. The van der Waals surface area contributed by atoms with Gasteiger partial charge in [-0.25, -0.2) is 0 Å². The van der Waals surface area contributed by atoms with E-state index >= 15 is 0 Å². The predicted octanol–water partition coefficient (Wildman–Crippen LogP) is 2.00. The lowest BCUT2D eigenvalue weighted by molar-refractivity contribution is 0.122. The van der Waals surface area contributed by atoms with Crippen LogP contribution in [0.25, 0.3) is 4.85 Å². The van der Waals surface area contributed by atoms with Crippen LogP contribution in [0, 0.1) is 12.0 Å². The van der Waals surface area contributed by atoms with Gasteiger partial charge in [-0.3, -0.25) is 0 Å². The molecular formula is C10H20NO3Si+. The molecule has 0 radical (unpaired) electrons. The zero-order valence-electron chi connectivity index (χ0n) is 9.78. The number of rotatable bonds is 7. The molecule has 5 heteroatoms. The standard InChI is InChI=1S/C10H20NO3Si/c1-12-15(13-2,14-3)8-4-5-10-6-7-11-9-10/h10H,4-8H2,1-3H3/q+1. The summed E-state index contributed by atoms with van der Waals surface area (Å²) in [6.45, 7) is 0.937. The van der Waals surface area contributed by atoms with Crippen LogP contribution in [0.1, 0.15) is 19.3 Å². The number of hydrogen-bond donors (Lipinski definition) is 0. The van der Waals surface area contributed by atoms with Gasteiger partial charge in [-0.15, -0.1) is 0 Å². The molecule has 4 nitrogen and oxygen atoms in total. The number of nitrogens with zero attached hydrogens (tertiary/aromatic N) is 1. The highest BCUT2D eigenvalue weighted by Gasteiger charge is 2.37. The van der Waals surface area contributed by atoms with E-state index in [-0.39, 0.29) is 0 Å². The molecule has 0 aromatic heterocycles. The average molecular weight is 230 g/mol. The molecule has 0 N–H and O–H groups in total. The third kappa shape index (κ3) is 3.58. The third-order valence-corrected chi connectivity index (χ3v) is 5.66. The molecule has 1 atom stereocenters. The minimum Gasteiger partial charge on any atom is -0.377 e. The zero-order chi connectivity index (χ0) is 11.1. The minimum absolute atomic E-state index is 0.530. The van der Waals surface area contributed by atoms with Crippen molar-refractivity contribution in [3.8, 4) is 6.07 Å². The second kappa shape index (κ2) is 6.23. The molecule has 0 amide bonds. The van der Waals surface area contributed by atoms with Crippen molar-refractivity contribution < 1.29 is 13.3 Å². The lowest BCUT2D eigenvalue weighted by atomic mass is 10.0. The van der Waals surface area contributed by atoms with Gasteiger partial charge in [0.15, 0.2) is 0 Å². The Balaban J connectivity index is 2.25.